The van der Waals surface area contributed by atoms with Gasteiger partial charge in [0.05, 0.1) is 22.7 Å². The van der Waals surface area contributed by atoms with Gasteiger partial charge in [-0.1, -0.05) is 25.4 Å². The Bertz CT molecular complexity index is 1050. The van der Waals surface area contributed by atoms with Crippen LogP contribution in [0.25, 0.3) is 10.9 Å². The minimum Gasteiger partial charge on any atom is -0.493 e. The number of anilines is 2. The van der Waals surface area contributed by atoms with Crippen molar-refractivity contribution in [2.24, 2.45) is 0 Å². The molecule has 0 fully saturated rings. The van der Waals surface area contributed by atoms with Crippen LogP contribution in [-0.2, 0) is 6.18 Å². The number of rotatable bonds is 10. The van der Waals surface area contributed by atoms with Gasteiger partial charge in [-0.25, -0.2) is 9.97 Å². The van der Waals surface area contributed by atoms with E-state index in [1.807, 2.05) is 6.07 Å². The standard InChI is InChI=1S/C23H26ClF3N4O/c1-3-10-31(4-2)11-5-12-32-18-13-16-6-7-20(30-22(16)19(24)15-18)29-21-14-17(8-9-28-21)23(25,26)27/h6-9,13-15H,3-5,10-12H2,1-2H3,(H,28,29,30). The normalized spacial score (nSPS) is 11.8. The Morgan fingerprint density at radius 1 is 1.06 bits per heavy atom. The topological polar surface area (TPSA) is 50.3 Å². The lowest BCUT2D eigenvalue weighted by atomic mass is 10.2. The number of ether oxygens (including phenoxy) is 1. The molecule has 9 heteroatoms. The maximum atomic E-state index is 12.9. The Morgan fingerprint density at radius 2 is 1.88 bits per heavy atom. The van der Waals surface area contributed by atoms with Gasteiger partial charge in [0, 0.05) is 24.2 Å². The maximum Gasteiger partial charge on any atom is 0.416 e. The molecule has 0 aliphatic rings. The van der Waals surface area contributed by atoms with E-state index in [-0.39, 0.29) is 5.82 Å². The molecule has 0 amide bonds. The minimum absolute atomic E-state index is 0.0481. The van der Waals surface area contributed by atoms with E-state index in [1.165, 1.54) is 0 Å². The lowest BCUT2D eigenvalue weighted by Gasteiger charge is -2.19. The van der Waals surface area contributed by atoms with Crippen LogP contribution in [-0.4, -0.2) is 41.1 Å². The van der Waals surface area contributed by atoms with Gasteiger partial charge in [-0.15, -0.1) is 0 Å². The second-order valence-electron chi connectivity index (χ2n) is 7.36. The van der Waals surface area contributed by atoms with Crippen LogP contribution >= 0.6 is 11.6 Å². The van der Waals surface area contributed by atoms with Gasteiger partial charge >= 0.3 is 6.18 Å². The number of nitrogens with zero attached hydrogens (tertiary/aromatic N) is 3. The van der Waals surface area contributed by atoms with E-state index in [0.29, 0.717) is 28.7 Å². The molecule has 0 saturated heterocycles. The summed E-state index contributed by atoms with van der Waals surface area (Å²) in [6.07, 6.45) is -1.30. The van der Waals surface area contributed by atoms with Crippen molar-refractivity contribution < 1.29 is 17.9 Å². The lowest BCUT2D eigenvalue weighted by Crippen LogP contribution is -2.26. The number of pyridine rings is 2. The molecule has 1 aromatic carbocycles. The summed E-state index contributed by atoms with van der Waals surface area (Å²) in [6, 6.07) is 8.86. The first-order valence-corrected chi connectivity index (χ1v) is 10.9. The molecule has 0 aliphatic carbocycles. The molecule has 172 valence electrons. The number of aromatic nitrogens is 2. The van der Waals surface area contributed by atoms with E-state index in [4.69, 9.17) is 16.3 Å². The molecule has 0 saturated carbocycles. The Morgan fingerprint density at radius 3 is 2.59 bits per heavy atom. The zero-order valence-corrected chi connectivity index (χ0v) is 18.8. The number of nitrogens with one attached hydrogen (secondary N) is 1. The summed E-state index contributed by atoms with van der Waals surface area (Å²) in [5.74, 6) is 1.05. The van der Waals surface area contributed by atoms with E-state index in [0.717, 1.165) is 56.2 Å². The predicted molar refractivity (Wildman–Crippen MR) is 122 cm³/mol. The van der Waals surface area contributed by atoms with Crippen molar-refractivity contribution in [2.45, 2.75) is 32.9 Å². The van der Waals surface area contributed by atoms with Gasteiger partial charge < -0.3 is 15.0 Å². The molecule has 2 heterocycles. The highest BCUT2D eigenvalue weighted by molar-refractivity contribution is 6.35. The summed E-state index contributed by atoms with van der Waals surface area (Å²) < 4.78 is 44.6. The van der Waals surface area contributed by atoms with Crippen LogP contribution in [0.4, 0.5) is 24.8 Å². The van der Waals surface area contributed by atoms with Gasteiger partial charge in [0.15, 0.2) is 0 Å². The Labute approximate surface area is 190 Å². The molecule has 3 aromatic rings. The first-order chi connectivity index (χ1) is 15.3. The van der Waals surface area contributed by atoms with Gasteiger partial charge in [-0.3, -0.25) is 0 Å². The van der Waals surface area contributed by atoms with Gasteiger partial charge in [-0.05, 0) is 56.3 Å². The number of hydrogen-bond donors (Lipinski definition) is 1. The summed E-state index contributed by atoms with van der Waals surface area (Å²) in [6.45, 7) is 7.98. The van der Waals surface area contributed by atoms with Crippen molar-refractivity contribution in [3.63, 3.8) is 0 Å². The van der Waals surface area contributed by atoms with E-state index < -0.39 is 11.7 Å². The van der Waals surface area contributed by atoms with Crippen molar-refractivity contribution >= 4 is 34.1 Å². The summed E-state index contributed by atoms with van der Waals surface area (Å²) in [5.41, 5.74) is -0.261. The number of fused-ring (bicyclic) bond motifs is 1. The molecule has 0 aliphatic heterocycles. The zero-order chi connectivity index (χ0) is 23.1. The average molecular weight is 467 g/mol. The van der Waals surface area contributed by atoms with Crippen LogP contribution in [0.1, 0.15) is 32.3 Å². The minimum atomic E-state index is -4.44. The Balaban J connectivity index is 1.68. The second-order valence-corrected chi connectivity index (χ2v) is 7.77. The van der Waals surface area contributed by atoms with Gasteiger partial charge in [-0.2, -0.15) is 13.2 Å². The number of benzene rings is 1. The summed E-state index contributed by atoms with van der Waals surface area (Å²) in [5, 5.41) is 3.98. The SMILES string of the molecule is CCCN(CC)CCCOc1cc(Cl)c2nc(Nc3cc(C(F)(F)F)ccn3)ccc2c1. The van der Waals surface area contributed by atoms with Crippen molar-refractivity contribution in [1.82, 2.24) is 14.9 Å². The first-order valence-electron chi connectivity index (χ1n) is 10.6. The molecule has 5 nitrogen and oxygen atoms in total. The average Bonchev–Trinajstić information content (AvgIpc) is 2.76. The Kier molecular flexibility index (Phi) is 8.15. The maximum absolute atomic E-state index is 12.9. The van der Waals surface area contributed by atoms with Gasteiger partial charge in [0.1, 0.15) is 17.4 Å². The molecule has 32 heavy (non-hydrogen) atoms. The van der Waals surface area contributed by atoms with Gasteiger partial charge in [0.2, 0.25) is 0 Å². The van der Waals surface area contributed by atoms with Crippen LogP contribution in [0.2, 0.25) is 5.02 Å². The molecular weight excluding hydrogens is 441 g/mol. The predicted octanol–water partition coefficient (Wildman–Crippen LogP) is 6.55. The highest BCUT2D eigenvalue weighted by atomic mass is 35.5. The van der Waals surface area contributed by atoms with Crippen molar-refractivity contribution in [2.75, 3.05) is 31.6 Å². The fraction of sp³-hybridized carbons (Fsp3) is 0.391. The van der Waals surface area contributed by atoms with E-state index in [2.05, 4.69) is 34.0 Å². The molecule has 0 bridgehead atoms. The molecule has 0 spiro atoms. The van der Waals surface area contributed by atoms with E-state index >= 15 is 0 Å². The van der Waals surface area contributed by atoms with E-state index in [1.54, 1.807) is 18.2 Å². The second kappa shape index (κ2) is 10.8. The van der Waals surface area contributed by atoms with Crippen LogP contribution < -0.4 is 10.1 Å². The highest BCUT2D eigenvalue weighted by Crippen LogP contribution is 2.32. The monoisotopic (exact) mass is 466 g/mol. The summed E-state index contributed by atoms with van der Waals surface area (Å²) in [4.78, 5) is 10.7. The van der Waals surface area contributed by atoms with Crippen LogP contribution in [0, 0.1) is 0 Å². The van der Waals surface area contributed by atoms with Crippen LogP contribution in [0.5, 0.6) is 5.75 Å². The lowest BCUT2D eigenvalue weighted by molar-refractivity contribution is -0.137. The molecule has 0 atom stereocenters. The van der Waals surface area contributed by atoms with E-state index in [9.17, 15) is 13.2 Å². The number of alkyl halides is 3. The number of halogens is 4. The van der Waals surface area contributed by atoms with Gasteiger partial charge in [0.25, 0.3) is 0 Å². The first kappa shape index (κ1) is 24.1. The molecule has 0 unspecified atom stereocenters. The highest BCUT2D eigenvalue weighted by Gasteiger charge is 2.30. The Hall–Kier alpha value is -2.58. The van der Waals surface area contributed by atoms with Crippen LogP contribution in [0.3, 0.4) is 0 Å². The fourth-order valence-corrected chi connectivity index (χ4v) is 3.61. The third-order valence-corrected chi connectivity index (χ3v) is 5.23. The molecule has 2 aromatic heterocycles. The largest absolute Gasteiger partial charge is 0.493 e. The van der Waals surface area contributed by atoms with Crippen molar-refractivity contribution in [1.29, 1.82) is 0 Å². The molecular formula is C23H26ClF3N4O. The third kappa shape index (κ3) is 6.46. The van der Waals surface area contributed by atoms with Crippen molar-refractivity contribution in [3.8, 4) is 5.75 Å². The summed E-state index contributed by atoms with van der Waals surface area (Å²) in [7, 11) is 0. The smallest absolute Gasteiger partial charge is 0.416 e. The molecule has 1 N–H and O–H groups in total. The number of hydrogen-bond acceptors (Lipinski definition) is 5. The zero-order valence-electron chi connectivity index (χ0n) is 18.0. The third-order valence-electron chi connectivity index (χ3n) is 4.94. The quantitative estimate of drug-likeness (QED) is 0.343. The van der Waals surface area contributed by atoms with Crippen molar-refractivity contribution in [3.05, 3.63) is 53.2 Å². The van der Waals surface area contributed by atoms with Crippen LogP contribution in [0.15, 0.2) is 42.6 Å². The summed E-state index contributed by atoms with van der Waals surface area (Å²) >= 11 is 6.41. The molecule has 0 radical (unpaired) electrons. The molecule has 3 rings (SSSR count). The fourth-order valence-electron chi connectivity index (χ4n) is 3.35.